The highest BCUT2D eigenvalue weighted by Gasteiger charge is 2.00. The van der Waals surface area contributed by atoms with Gasteiger partial charge in [-0.05, 0) is 23.6 Å². The van der Waals surface area contributed by atoms with Crippen molar-refractivity contribution >= 4 is 50.5 Å². The maximum absolute atomic E-state index is 10.4. The number of hydrogen-bond donors (Lipinski definition) is 2. The zero-order valence-electron chi connectivity index (χ0n) is 7.71. The second-order valence-electron chi connectivity index (χ2n) is 3.05. The molecule has 0 heterocycles. The Morgan fingerprint density at radius 2 is 1.88 bits per heavy atom. The largest absolute Gasteiger partial charge is 0.398 e. The van der Waals surface area contributed by atoms with Gasteiger partial charge in [0, 0.05) is 11.1 Å². The summed E-state index contributed by atoms with van der Waals surface area (Å²) in [5.41, 5.74) is 6.35. The Morgan fingerprint density at radius 1 is 1.12 bits per heavy atom. The lowest BCUT2D eigenvalue weighted by molar-refractivity contribution is 0.511. The maximum atomic E-state index is 10.4. The van der Waals surface area contributed by atoms with Crippen LogP contribution in [0.3, 0.4) is 0 Å². The lowest BCUT2D eigenvalue weighted by Gasteiger charge is -2.03. The minimum atomic E-state index is -2.88. The summed E-state index contributed by atoms with van der Waals surface area (Å²) in [6.45, 7) is 0. The molecular formula is C10H11MgNO3S. The van der Waals surface area contributed by atoms with Gasteiger partial charge in [0.25, 0.3) is 11.0 Å². The minimum absolute atomic E-state index is 0. The van der Waals surface area contributed by atoms with E-state index in [1.807, 2.05) is 12.1 Å². The second-order valence-corrected chi connectivity index (χ2v) is 3.67. The average Bonchev–Trinajstić information content (AvgIpc) is 2.18. The van der Waals surface area contributed by atoms with Gasteiger partial charge in [-0.15, -0.1) is 0 Å². The fourth-order valence-electron chi connectivity index (χ4n) is 1.42. The molecular weight excluding hydrogens is 238 g/mol. The van der Waals surface area contributed by atoms with Crippen LogP contribution in [0.1, 0.15) is 0 Å². The molecule has 0 bridgehead atoms. The highest BCUT2D eigenvalue weighted by Crippen LogP contribution is 2.25. The molecule has 6 heteroatoms. The summed E-state index contributed by atoms with van der Waals surface area (Å²) >= 11 is 0. The van der Waals surface area contributed by atoms with Crippen LogP contribution in [0.25, 0.3) is 10.8 Å². The molecule has 4 nitrogen and oxygen atoms in total. The highest BCUT2D eigenvalue weighted by molar-refractivity contribution is 7.67. The van der Waals surface area contributed by atoms with Crippen molar-refractivity contribution in [2.45, 2.75) is 0 Å². The Balaban J connectivity index is 0.00000128. The summed E-state index contributed by atoms with van der Waals surface area (Å²) in [7, 11) is -2.88. The van der Waals surface area contributed by atoms with Gasteiger partial charge in [-0.2, -0.15) is 8.42 Å². The zero-order chi connectivity index (χ0) is 10.8. The lowest BCUT2D eigenvalue weighted by atomic mass is 10.1. The topological polar surface area (TPSA) is 69.4 Å². The average molecular weight is 250 g/mol. The molecule has 0 atom stereocenters. The maximum Gasteiger partial charge on any atom is 0.316 e. The summed E-state index contributed by atoms with van der Waals surface area (Å²) in [4.78, 5) is 0. The molecule has 0 spiro atoms. The molecule has 16 heavy (non-hydrogen) atoms. The molecule has 82 valence electrons. The van der Waals surface area contributed by atoms with Crippen LogP contribution < -0.4 is 9.92 Å². The molecule has 0 aliphatic heterocycles. The van der Waals surface area contributed by atoms with Crippen molar-refractivity contribution in [1.82, 2.24) is 0 Å². The molecule has 2 aromatic rings. The van der Waals surface area contributed by atoms with Crippen molar-refractivity contribution in [1.29, 1.82) is 0 Å². The number of thiol groups is 1. The molecule has 0 fully saturated rings. The first-order valence-corrected chi connectivity index (χ1v) is 5.37. The summed E-state index contributed by atoms with van der Waals surface area (Å²) in [5.74, 6) is 0.275. The Morgan fingerprint density at radius 3 is 2.56 bits per heavy atom. The van der Waals surface area contributed by atoms with E-state index >= 15 is 0 Å². The molecule has 0 radical (unpaired) electrons. The molecule has 0 unspecified atom stereocenters. The molecule has 0 saturated carbocycles. The highest BCUT2D eigenvalue weighted by atomic mass is 32.2. The third-order valence-corrected chi connectivity index (χ3v) is 2.43. The Bertz CT molecular complexity index is 575. The quantitative estimate of drug-likeness (QED) is 0.460. The number of rotatable bonds is 2. The smallest absolute Gasteiger partial charge is 0.316 e. The third kappa shape index (κ3) is 2.78. The van der Waals surface area contributed by atoms with E-state index in [9.17, 15) is 8.42 Å². The van der Waals surface area contributed by atoms with Gasteiger partial charge in [0.2, 0.25) is 0 Å². The molecule has 2 rings (SSSR count). The van der Waals surface area contributed by atoms with Crippen LogP contribution in [-0.2, 0) is 11.0 Å². The molecule has 2 aromatic carbocycles. The van der Waals surface area contributed by atoms with E-state index in [0.717, 1.165) is 10.8 Å². The third-order valence-electron chi connectivity index (χ3n) is 2.07. The normalized spacial score (nSPS) is 10.1. The van der Waals surface area contributed by atoms with Crippen LogP contribution >= 0.6 is 0 Å². The van der Waals surface area contributed by atoms with Crippen molar-refractivity contribution in [3.8, 4) is 5.75 Å². The monoisotopic (exact) mass is 249 g/mol. The number of anilines is 1. The first-order valence-electron chi connectivity index (χ1n) is 4.27. The second kappa shape index (κ2) is 5.38. The van der Waals surface area contributed by atoms with Crippen LogP contribution in [-0.4, -0.2) is 31.5 Å². The molecule has 0 aliphatic carbocycles. The predicted octanol–water partition coefficient (Wildman–Crippen LogP) is 0.411. The van der Waals surface area contributed by atoms with Crippen LogP contribution in [0, 0.1) is 0 Å². The van der Waals surface area contributed by atoms with Gasteiger partial charge in [-0.1, -0.05) is 18.2 Å². The van der Waals surface area contributed by atoms with Crippen LogP contribution in [0.4, 0.5) is 5.69 Å². The number of nitrogens with two attached hydrogens (primary N) is 1. The number of hydrogen-bond acceptors (Lipinski definition) is 4. The summed E-state index contributed by atoms with van der Waals surface area (Å²) in [6.07, 6.45) is 0. The van der Waals surface area contributed by atoms with Crippen LogP contribution in [0.2, 0.25) is 0 Å². The van der Waals surface area contributed by atoms with Crippen molar-refractivity contribution in [3.05, 3.63) is 36.4 Å². The van der Waals surface area contributed by atoms with Gasteiger partial charge in [0.15, 0.2) is 0 Å². The van der Waals surface area contributed by atoms with E-state index in [4.69, 9.17) is 5.73 Å². The van der Waals surface area contributed by atoms with Gasteiger partial charge in [0.1, 0.15) is 5.75 Å². The molecule has 2 N–H and O–H groups in total. The van der Waals surface area contributed by atoms with E-state index in [1.54, 1.807) is 24.3 Å². The Kier molecular flexibility index (Phi) is 4.40. The number of fused-ring (bicyclic) bond motifs is 1. The molecule has 0 amide bonds. The molecule has 0 aromatic heterocycles. The SMILES string of the molecule is Nc1cccc2ccc(O[SH](=O)=O)cc12.[MgH2]. The Labute approximate surface area is 111 Å². The molecule has 0 aliphatic rings. The van der Waals surface area contributed by atoms with Gasteiger partial charge in [-0.3, -0.25) is 0 Å². The molecule has 0 saturated heterocycles. The van der Waals surface area contributed by atoms with Crippen molar-refractivity contribution in [2.24, 2.45) is 0 Å². The van der Waals surface area contributed by atoms with Gasteiger partial charge < -0.3 is 9.92 Å². The van der Waals surface area contributed by atoms with Crippen LogP contribution in [0.15, 0.2) is 36.4 Å². The fourth-order valence-corrected chi connectivity index (χ4v) is 1.70. The van der Waals surface area contributed by atoms with Crippen molar-refractivity contribution in [2.75, 3.05) is 5.73 Å². The minimum Gasteiger partial charge on any atom is -0.398 e. The fraction of sp³-hybridized carbons (Fsp3) is 0. The first-order chi connectivity index (χ1) is 7.16. The van der Waals surface area contributed by atoms with Gasteiger partial charge >= 0.3 is 23.1 Å². The number of nitrogen functional groups attached to an aromatic ring is 1. The van der Waals surface area contributed by atoms with Crippen molar-refractivity contribution in [3.63, 3.8) is 0 Å². The summed E-state index contributed by atoms with van der Waals surface area (Å²) in [5, 5.41) is 1.73. The van der Waals surface area contributed by atoms with E-state index in [-0.39, 0.29) is 28.8 Å². The van der Waals surface area contributed by atoms with Crippen LogP contribution in [0.5, 0.6) is 5.75 Å². The van der Waals surface area contributed by atoms with Crippen molar-refractivity contribution < 1.29 is 12.6 Å². The zero-order valence-corrected chi connectivity index (χ0v) is 8.61. The Hall–Kier alpha value is -0.984. The van der Waals surface area contributed by atoms with Gasteiger partial charge in [-0.25, -0.2) is 0 Å². The van der Waals surface area contributed by atoms with E-state index in [2.05, 4.69) is 4.18 Å². The standard InChI is InChI=1S/C10H9NO3S.Mg.2H/c11-10-3-1-2-7-4-5-8(6-9(7)10)14-15(12)13;;;/h1-6,15H,11H2;;;. The van der Waals surface area contributed by atoms with E-state index in [1.165, 1.54) is 0 Å². The van der Waals surface area contributed by atoms with E-state index < -0.39 is 11.0 Å². The first kappa shape index (κ1) is 13.1. The van der Waals surface area contributed by atoms with E-state index in [0.29, 0.717) is 5.69 Å². The summed E-state index contributed by atoms with van der Waals surface area (Å²) < 4.78 is 25.3. The number of benzene rings is 2. The van der Waals surface area contributed by atoms with Gasteiger partial charge in [0.05, 0.1) is 0 Å². The lowest BCUT2D eigenvalue weighted by Crippen LogP contribution is -1.91. The summed E-state index contributed by atoms with van der Waals surface area (Å²) in [6, 6.07) is 10.4. The predicted molar refractivity (Wildman–Crippen MR) is 67.8 cm³/mol.